The molecule has 0 unspecified atom stereocenters. The van der Waals surface area contributed by atoms with Crippen molar-refractivity contribution >= 4 is 27.3 Å². The van der Waals surface area contributed by atoms with Gasteiger partial charge in [0.15, 0.2) is 0 Å². The summed E-state index contributed by atoms with van der Waals surface area (Å²) in [4.78, 5) is 12.8. The van der Waals surface area contributed by atoms with Crippen LogP contribution in [0.4, 0.5) is 11.4 Å². The maximum atomic E-state index is 12.8. The van der Waals surface area contributed by atoms with Gasteiger partial charge in [0.1, 0.15) is 23.0 Å². The Morgan fingerprint density at radius 2 is 1.90 bits per heavy atom. The van der Waals surface area contributed by atoms with E-state index in [1.165, 1.54) is 4.31 Å². The second-order valence-electron chi connectivity index (χ2n) is 6.66. The lowest BCUT2D eigenvalue weighted by atomic mass is 10.1. The number of hydrogen-bond acceptors (Lipinski definition) is 5. The Morgan fingerprint density at radius 3 is 2.48 bits per heavy atom. The molecule has 1 aliphatic heterocycles. The van der Waals surface area contributed by atoms with Crippen LogP contribution in [0.3, 0.4) is 0 Å². The molecule has 1 saturated heterocycles. The molecule has 0 aliphatic carbocycles. The van der Waals surface area contributed by atoms with Gasteiger partial charge in [0.05, 0.1) is 11.4 Å². The fourth-order valence-corrected chi connectivity index (χ4v) is 4.96. The Morgan fingerprint density at radius 1 is 1.21 bits per heavy atom. The number of nitrogens with zero attached hydrogens (tertiary/aromatic N) is 3. The fourth-order valence-electron chi connectivity index (χ4n) is 3.39. The quantitative estimate of drug-likeness (QED) is 0.711. The third kappa shape index (κ3) is 3.39. The van der Waals surface area contributed by atoms with E-state index < -0.39 is 15.9 Å². The summed E-state index contributed by atoms with van der Waals surface area (Å²) in [6.45, 7) is 2.08. The molecule has 0 spiro atoms. The van der Waals surface area contributed by atoms with Crippen LogP contribution in [0.25, 0.3) is 5.88 Å². The Balaban J connectivity index is 1.58. The van der Waals surface area contributed by atoms with Gasteiger partial charge in [-0.2, -0.15) is 5.26 Å². The van der Waals surface area contributed by atoms with Gasteiger partial charge in [-0.15, -0.1) is 0 Å². The molecule has 3 heterocycles. The minimum Gasteiger partial charge on any atom is -0.443 e. The predicted molar refractivity (Wildman–Crippen MR) is 108 cm³/mol. The van der Waals surface area contributed by atoms with Crippen LogP contribution in [0.2, 0.25) is 0 Å². The average Bonchev–Trinajstić information content (AvgIpc) is 3.40. The van der Waals surface area contributed by atoms with Crippen LogP contribution in [0.1, 0.15) is 28.1 Å². The van der Waals surface area contributed by atoms with Crippen LogP contribution in [0.5, 0.6) is 0 Å². The summed E-state index contributed by atoms with van der Waals surface area (Å²) in [6, 6.07) is 12.2. The highest BCUT2D eigenvalue weighted by atomic mass is 32.2. The normalized spacial score (nSPS) is 15.2. The van der Waals surface area contributed by atoms with E-state index in [9.17, 15) is 18.5 Å². The van der Waals surface area contributed by atoms with Crippen molar-refractivity contribution in [2.45, 2.75) is 13.3 Å². The highest BCUT2D eigenvalue weighted by molar-refractivity contribution is 7.93. The molecule has 4 rings (SSSR count). The highest BCUT2D eigenvalue weighted by Crippen LogP contribution is 2.28. The van der Waals surface area contributed by atoms with E-state index in [0.29, 0.717) is 30.1 Å². The van der Waals surface area contributed by atoms with Crippen LogP contribution >= 0.6 is 0 Å². The average molecular weight is 410 g/mol. The number of aryl methyl sites for hydroxylation is 1. The van der Waals surface area contributed by atoms with E-state index in [-0.39, 0.29) is 22.8 Å². The number of nitrogens with one attached hydrogen (secondary N) is 1. The summed E-state index contributed by atoms with van der Waals surface area (Å²) in [5.74, 6) is 0.298. The maximum absolute atomic E-state index is 12.8. The van der Waals surface area contributed by atoms with Crippen LogP contribution < -0.4 is 9.62 Å². The number of amides is 1. The number of nitriles is 1. The van der Waals surface area contributed by atoms with Crippen molar-refractivity contribution in [3.63, 3.8) is 0 Å². The summed E-state index contributed by atoms with van der Waals surface area (Å²) in [7, 11) is -3.26. The molecule has 9 heteroatoms. The lowest BCUT2D eigenvalue weighted by Gasteiger charge is -2.17. The van der Waals surface area contributed by atoms with E-state index in [1.807, 2.05) is 6.07 Å². The van der Waals surface area contributed by atoms with E-state index in [4.69, 9.17) is 4.42 Å². The zero-order chi connectivity index (χ0) is 20.6. The smallest absolute Gasteiger partial charge is 0.260 e. The molecule has 0 radical (unpaired) electrons. The zero-order valence-electron chi connectivity index (χ0n) is 15.6. The van der Waals surface area contributed by atoms with E-state index in [2.05, 4.69) is 5.32 Å². The second-order valence-corrected chi connectivity index (χ2v) is 8.67. The van der Waals surface area contributed by atoms with Gasteiger partial charge in [-0.1, -0.05) is 0 Å². The molecule has 148 valence electrons. The van der Waals surface area contributed by atoms with Crippen LogP contribution in [0, 0.1) is 18.3 Å². The molecule has 1 amide bonds. The predicted octanol–water partition coefficient (Wildman–Crippen LogP) is 3.04. The van der Waals surface area contributed by atoms with Gasteiger partial charge in [-0.3, -0.25) is 13.7 Å². The molecule has 1 aliphatic rings. The fraction of sp³-hybridized carbons (Fsp3) is 0.200. The van der Waals surface area contributed by atoms with Gasteiger partial charge in [-0.25, -0.2) is 8.42 Å². The van der Waals surface area contributed by atoms with Crippen LogP contribution in [-0.4, -0.2) is 31.2 Å². The number of benzene rings is 1. The summed E-state index contributed by atoms with van der Waals surface area (Å²) < 4.78 is 32.7. The Hall–Kier alpha value is -3.51. The lowest BCUT2D eigenvalue weighted by molar-refractivity contribution is 0.102. The second kappa shape index (κ2) is 7.14. The van der Waals surface area contributed by atoms with E-state index in [1.54, 1.807) is 60.3 Å². The topological polar surface area (TPSA) is 108 Å². The summed E-state index contributed by atoms with van der Waals surface area (Å²) in [5, 5.41) is 12.3. The molecule has 0 bridgehead atoms. The molecule has 1 aromatic carbocycles. The molecular weight excluding hydrogens is 392 g/mol. The maximum Gasteiger partial charge on any atom is 0.260 e. The molecule has 0 saturated carbocycles. The number of rotatable bonds is 4. The SMILES string of the molecule is Cc1oc(-n2cccc2)c(C#N)c1C(=O)Nc1ccc(N2CCCS2(=O)=O)cc1. The van der Waals surface area contributed by atoms with Crippen molar-refractivity contribution in [2.24, 2.45) is 0 Å². The minimum absolute atomic E-state index is 0.145. The van der Waals surface area contributed by atoms with Gasteiger partial charge < -0.3 is 9.73 Å². The molecule has 0 atom stereocenters. The first kappa shape index (κ1) is 18.8. The van der Waals surface area contributed by atoms with Gasteiger partial charge in [0.25, 0.3) is 5.91 Å². The number of carbonyl (C=O) groups is 1. The summed E-state index contributed by atoms with van der Waals surface area (Å²) >= 11 is 0. The van der Waals surface area contributed by atoms with Crippen molar-refractivity contribution in [1.29, 1.82) is 5.26 Å². The largest absolute Gasteiger partial charge is 0.443 e. The molecular formula is C20H18N4O4S. The van der Waals surface area contributed by atoms with E-state index >= 15 is 0 Å². The number of furan rings is 1. The first-order chi connectivity index (χ1) is 13.9. The van der Waals surface area contributed by atoms with Gasteiger partial charge >= 0.3 is 0 Å². The molecule has 2 aromatic heterocycles. The lowest BCUT2D eigenvalue weighted by Crippen LogP contribution is -2.25. The first-order valence-corrected chi connectivity index (χ1v) is 10.6. The number of anilines is 2. The molecule has 3 aromatic rings. The molecule has 8 nitrogen and oxygen atoms in total. The third-order valence-corrected chi connectivity index (χ3v) is 6.63. The van der Waals surface area contributed by atoms with Crippen molar-refractivity contribution in [2.75, 3.05) is 21.9 Å². The van der Waals surface area contributed by atoms with Crippen molar-refractivity contribution in [3.05, 3.63) is 65.7 Å². The Bertz CT molecular complexity index is 1200. The van der Waals surface area contributed by atoms with E-state index in [0.717, 1.165) is 0 Å². The highest BCUT2D eigenvalue weighted by Gasteiger charge is 2.28. The van der Waals surface area contributed by atoms with Crippen molar-refractivity contribution < 1.29 is 17.6 Å². The molecule has 1 fully saturated rings. The summed E-state index contributed by atoms with van der Waals surface area (Å²) in [6.07, 6.45) is 4.05. The van der Waals surface area contributed by atoms with Crippen LogP contribution in [0.15, 0.2) is 53.2 Å². The zero-order valence-corrected chi connectivity index (χ0v) is 16.4. The number of aromatic nitrogens is 1. The molecule has 29 heavy (non-hydrogen) atoms. The minimum atomic E-state index is -3.26. The first-order valence-electron chi connectivity index (χ1n) is 8.99. The van der Waals surface area contributed by atoms with Gasteiger partial charge in [0.2, 0.25) is 15.9 Å². The van der Waals surface area contributed by atoms with Crippen LogP contribution in [-0.2, 0) is 10.0 Å². The monoisotopic (exact) mass is 410 g/mol. The number of hydrogen-bond donors (Lipinski definition) is 1. The summed E-state index contributed by atoms with van der Waals surface area (Å²) in [5.41, 5.74) is 1.37. The Labute approximate surface area is 168 Å². The molecule has 1 N–H and O–H groups in total. The Kier molecular flexibility index (Phi) is 4.64. The van der Waals surface area contributed by atoms with Gasteiger partial charge in [0, 0.05) is 24.6 Å². The number of carbonyl (C=O) groups excluding carboxylic acids is 1. The van der Waals surface area contributed by atoms with Crippen molar-refractivity contribution in [3.8, 4) is 12.0 Å². The number of sulfonamides is 1. The van der Waals surface area contributed by atoms with Crippen molar-refractivity contribution in [1.82, 2.24) is 4.57 Å². The standard InChI is InChI=1S/C20H18N4O4S/c1-14-18(17(13-21)20(28-14)23-9-2-3-10-23)19(25)22-15-5-7-16(8-6-15)24-11-4-12-29(24,26)27/h2-3,5-10H,4,11-12H2,1H3,(H,22,25). The third-order valence-electron chi connectivity index (χ3n) is 4.76. The van der Waals surface area contributed by atoms with Gasteiger partial charge in [-0.05, 0) is 49.7 Å².